The van der Waals surface area contributed by atoms with Gasteiger partial charge in [-0.3, -0.25) is 9.59 Å². The predicted molar refractivity (Wildman–Crippen MR) is 99.5 cm³/mol. The Labute approximate surface area is 167 Å². The monoisotopic (exact) mass is 405 g/mol. The summed E-state index contributed by atoms with van der Waals surface area (Å²) in [5, 5.41) is 12.1. The number of anilines is 1. The van der Waals surface area contributed by atoms with Crippen LogP contribution in [0.1, 0.15) is 47.4 Å². The molecule has 2 aliphatic rings. The molecule has 2 saturated heterocycles. The quantitative estimate of drug-likeness (QED) is 0.658. The zero-order chi connectivity index (χ0) is 21.1. The van der Waals surface area contributed by atoms with Gasteiger partial charge in [-0.05, 0) is 44.9 Å². The van der Waals surface area contributed by atoms with Crippen LogP contribution in [-0.2, 0) is 23.8 Å². The number of esters is 2. The highest BCUT2D eigenvalue weighted by molar-refractivity contribution is 6.01. The second-order valence-corrected chi connectivity index (χ2v) is 6.91. The van der Waals surface area contributed by atoms with Gasteiger partial charge in [0.2, 0.25) is 5.91 Å². The predicted octanol–water partition coefficient (Wildman–Crippen LogP) is 1.86. The van der Waals surface area contributed by atoms with Crippen molar-refractivity contribution in [2.45, 2.75) is 38.9 Å². The fourth-order valence-corrected chi connectivity index (χ4v) is 3.91. The van der Waals surface area contributed by atoms with Gasteiger partial charge >= 0.3 is 17.9 Å². The van der Waals surface area contributed by atoms with Crippen LogP contribution in [0.4, 0.5) is 5.69 Å². The fourth-order valence-electron chi connectivity index (χ4n) is 3.91. The minimum absolute atomic E-state index is 0.0756. The van der Waals surface area contributed by atoms with E-state index in [2.05, 4.69) is 5.32 Å². The number of benzene rings is 1. The van der Waals surface area contributed by atoms with E-state index in [0.717, 1.165) is 0 Å². The van der Waals surface area contributed by atoms with E-state index in [-0.39, 0.29) is 30.0 Å². The molecule has 0 spiro atoms. The third-order valence-electron chi connectivity index (χ3n) is 5.08. The molecule has 3 rings (SSSR count). The smallest absolute Gasteiger partial charge is 0.338 e. The summed E-state index contributed by atoms with van der Waals surface area (Å²) < 4.78 is 15.6. The van der Waals surface area contributed by atoms with Crippen molar-refractivity contribution in [2.24, 2.45) is 11.8 Å². The van der Waals surface area contributed by atoms with E-state index in [1.165, 1.54) is 18.2 Å². The molecule has 156 valence electrons. The number of ether oxygens (including phenoxy) is 3. The van der Waals surface area contributed by atoms with Gasteiger partial charge in [0.25, 0.3) is 0 Å². The molecule has 0 saturated carbocycles. The molecule has 4 atom stereocenters. The molecule has 2 bridgehead atoms. The van der Waals surface area contributed by atoms with Gasteiger partial charge in [0.1, 0.15) is 0 Å². The summed E-state index contributed by atoms with van der Waals surface area (Å²) in [4.78, 5) is 48.7. The van der Waals surface area contributed by atoms with Crippen LogP contribution in [0.15, 0.2) is 18.2 Å². The van der Waals surface area contributed by atoms with Crippen LogP contribution in [0.5, 0.6) is 0 Å². The van der Waals surface area contributed by atoms with Gasteiger partial charge in [-0.2, -0.15) is 0 Å². The van der Waals surface area contributed by atoms with Crippen molar-refractivity contribution in [3.8, 4) is 0 Å². The van der Waals surface area contributed by atoms with Crippen LogP contribution in [0.2, 0.25) is 0 Å². The lowest BCUT2D eigenvalue weighted by atomic mass is 9.78. The van der Waals surface area contributed by atoms with E-state index in [0.29, 0.717) is 12.8 Å². The Hall–Kier alpha value is -2.94. The number of amides is 1. The minimum atomic E-state index is -1.08. The number of carboxylic acid groups (broad SMARTS) is 1. The maximum atomic E-state index is 12.8. The molecule has 1 aromatic rings. The highest BCUT2D eigenvalue weighted by Gasteiger charge is 2.55. The third-order valence-corrected chi connectivity index (χ3v) is 5.08. The van der Waals surface area contributed by atoms with Crippen LogP contribution in [0, 0.1) is 11.8 Å². The van der Waals surface area contributed by atoms with Gasteiger partial charge in [-0.1, -0.05) is 0 Å². The Morgan fingerprint density at radius 3 is 1.97 bits per heavy atom. The average molecular weight is 405 g/mol. The molecule has 2 fully saturated rings. The van der Waals surface area contributed by atoms with E-state index in [1.54, 1.807) is 13.8 Å². The molecular weight excluding hydrogens is 382 g/mol. The number of hydrogen-bond donors (Lipinski definition) is 2. The van der Waals surface area contributed by atoms with E-state index < -0.39 is 47.9 Å². The van der Waals surface area contributed by atoms with Gasteiger partial charge in [-0.25, -0.2) is 9.59 Å². The molecule has 9 nitrogen and oxygen atoms in total. The molecule has 2 N–H and O–H groups in total. The molecule has 9 heteroatoms. The summed E-state index contributed by atoms with van der Waals surface area (Å²) in [5.41, 5.74) is 0.328. The first-order valence-corrected chi connectivity index (χ1v) is 9.54. The van der Waals surface area contributed by atoms with Crippen molar-refractivity contribution in [3.63, 3.8) is 0 Å². The fraction of sp³-hybridized carbons (Fsp3) is 0.500. The number of carbonyl (C=O) groups excluding carboxylic acids is 3. The highest BCUT2D eigenvalue weighted by Crippen LogP contribution is 2.44. The second-order valence-electron chi connectivity index (χ2n) is 6.91. The summed E-state index contributed by atoms with van der Waals surface area (Å²) >= 11 is 0. The summed E-state index contributed by atoms with van der Waals surface area (Å²) in [6.07, 6.45) is 0.285. The Bertz CT molecular complexity index is 800. The third kappa shape index (κ3) is 4.24. The van der Waals surface area contributed by atoms with Gasteiger partial charge in [0.05, 0.1) is 48.4 Å². The lowest BCUT2D eigenvalue weighted by Crippen LogP contribution is -2.41. The Kier molecular flexibility index (Phi) is 6.17. The molecule has 2 aliphatic heterocycles. The normalized spacial score (nSPS) is 24.8. The summed E-state index contributed by atoms with van der Waals surface area (Å²) in [6, 6.07) is 4.08. The number of aliphatic carboxylic acids is 1. The Morgan fingerprint density at radius 2 is 1.48 bits per heavy atom. The van der Waals surface area contributed by atoms with Crippen molar-refractivity contribution in [2.75, 3.05) is 18.5 Å². The SMILES string of the molecule is CCOC(=O)c1cc(NC(=O)[C@@H]2[C@@H](C(=O)O)[C@H]3CC[C@@H]2O3)cc(C(=O)OCC)c1. The number of fused-ring (bicyclic) bond motifs is 2. The first-order valence-electron chi connectivity index (χ1n) is 9.54. The van der Waals surface area contributed by atoms with Crippen molar-refractivity contribution in [3.05, 3.63) is 29.3 Å². The maximum absolute atomic E-state index is 12.8. The molecular formula is C20H23NO8. The van der Waals surface area contributed by atoms with E-state index >= 15 is 0 Å². The van der Waals surface area contributed by atoms with Crippen LogP contribution in [-0.4, -0.2) is 54.3 Å². The lowest BCUT2D eigenvalue weighted by Gasteiger charge is -2.24. The summed E-state index contributed by atoms with van der Waals surface area (Å²) in [6.45, 7) is 3.59. The van der Waals surface area contributed by atoms with Crippen LogP contribution >= 0.6 is 0 Å². The number of nitrogens with one attached hydrogen (secondary N) is 1. The van der Waals surface area contributed by atoms with E-state index in [4.69, 9.17) is 14.2 Å². The maximum Gasteiger partial charge on any atom is 0.338 e. The number of carbonyl (C=O) groups is 4. The molecule has 2 heterocycles. The minimum Gasteiger partial charge on any atom is -0.481 e. The summed E-state index contributed by atoms with van der Waals surface area (Å²) in [5.74, 6) is -4.68. The van der Waals surface area contributed by atoms with Crippen molar-refractivity contribution >= 4 is 29.5 Å². The molecule has 1 amide bonds. The zero-order valence-electron chi connectivity index (χ0n) is 16.2. The second kappa shape index (κ2) is 8.60. The van der Waals surface area contributed by atoms with Gasteiger partial charge < -0.3 is 24.6 Å². The van der Waals surface area contributed by atoms with Crippen LogP contribution in [0.3, 0.4) is 0 Å². The van der Waals surface area contributed by atoms with Gasteiger partial charge in [0, 0.05) is 5.69 Å². The molecule has 0 aliphatic carbocycles. The van der Waals surface area contributed by atoms with Gasteiger partial charge in [0.15, 0.2) is 0 Å². The molecule has 0 aromatic heterocycles. The van der Waals surface area contributed by atoms with Crippen LogP contribution in [0.25, 0.3) is 0 Å². The van der Waals surface area contributed by atoms with Crippen molar-refractivity contribution in [1.82, 2.24) is 0 Å². The van der Waals surface area contributed by atoms with Gasteiger partial charge in [-0.15, -0.1) is 0 Å². The van der Waals surface area contributed by atoms with E-state index in [9.17, 15) is 24.3 Å². The Morgan fingerprint density at radius 1 is 0.966 bits per heavy atom. The Balaban J connectivity index is 1.87. The van der Waals surface area contributed by atoms with Crippen molar-refractivity contribution < 1.29 is 38.5 Å². The topological polar surface area (TPSA) is 128 Å². The zero-order valence-corrected chi connectivity index (χ0v) is 16.2. The molecule has 29 heavy (non-hydrogen) atoms. The number of carboxylic acids is 1. The lowest BCUT2D eigenvalue weighted by molar-refractivity contribution is -0.147. The highest BCUT2D eigenvalue weighted by atomic mass is 16.5. The summed E-state index contributed by atoms with van der Waals surface area (Å²) in [7, 11) is 0. The standard InChI is InChI=1S/C20H23NO8/c1-3-27-19(25)10-7-11(20(26)28-4-2)9-12(8-10)21-17(22)15-13-5-6-14(29-13)16(15)18(23)24/h7-9,13-16H,3-6H2,1-2H3,(H,21,22)(H,23,24)/t13-,14+,15-,16-/m0/s1. The largest absolute Gasteiger partial charge is 0.481 e. The van der Waals surface area contributed by atoms with Crippen molar-refractivity contribution in [1.29, 1.82) is 0 Å². The van der Waals surface area contributed by atoms with Crippen LogP contribution < -0.4 is 5.32 Å². The molecule has 0 radical (unpaired) electrons. The first kappa shape index (κ1) is 20.8. The number of rotatable bonds is 7. The molecule has 1 aromatic carbocycles. The first-order chi connectivity index (χ1) is 13.8. The molecule has 0 unspecified atom stereocenters. The van der Waals surface area contributed by atoms with E-state index in [1.807, 2.05) is 0 Å². The average Bonchev–Trinajstić information content (AvgIpc) is 3.29. The number of hydrogen-bond acceptors (Lipinski definition) is 7.